The van der Waals surface area contributed by atoms with Crippen LogP contribution >= 0.6 is 0 Å². The number of nitrogens with zero attached hydrogens (tertiary/aromatic N) is 2. The molecule has 2 rings (SSSR count). The summed E-state index contributed by atoms with van der Waals surface area (Å²) >= 11 is 0. The van der Waals surface area contributed by atoms with Crippen molar-refractivity contribution in [1.29, 1.82) is 0 Å². The molecule has 1 aromatic carbocycles. The molecule has 0 unspecified atom stereocenters. The summed E-state index contributed by atoms with van der Waals surface area (Å²) in [5.74, 6) is -1.62. The van der Waals surface area contributed by atoms with Crippen LogP contribution in [-0.4, -0.2) is 39.2 Å². The SMILES string of the molecule is Cc1c(C(=O)Nc2ccc(C(=O)NCCC(=O)O)cc2)cnn1C. The van der Waals surface area contributed by atoms with Crippen molar-refractivity contribution in [3.63, 3.8) is 0 Å². The van der Waals surface area contributed by atoms with Gasteiger partial charge in [-0.05, 0) is 31.2 Å². The second-order valence-corrected chi connectivity index (χ2v) is 5.20. The van der Waals surface area contributed by atoms with Gasteiger partial charge in [-0.2, -0.15) is 5.10 Å². The molecule has 1 heterocycles. The first-order chi connectivity index (χ1) is 11.4. The number of benzene rings is 1. The van der Waals surface area contributed by atoms with E-state index in [0.29, 0.717) is 16.8 Å². The smallest absolute Gasteiger partial charge is 0.305 e. The molecule has 0 bridgehead atoms. The van der Waals surface area contributed by atoms with Crippen LogP contribution in [0.25, 0.3) is 0 Å². The lowest BCUT2D eigenvalue weighted by Crippen LogP contribution is -2.25. The third-order valence-corrected chi connectivity index (χ3v) is 3.51. The average Bonchev–Trinajstić information content (AvgIpc) is 2.87. The standard InChI is InChI=1S/C16H18N4O4/c1-10-13(9-18-20(10)2)16(24)19-12-5-3-11(4-6-12)15(23)17-8-7-14(21)22/h3-6,9H,7-8H2,1-2H3,(H,17,23)(H,19,24)(H,21,22). The molecule has 0 aliphatic heterocycles. The molecule has 0 fully saturated rings. The molecule has 2 aromatic rings. The highest BCUT2D eigenvalue weighted by atomic mass is 16.4. The van der Waals surface area contributed by atoms with Crippen LogP contribution in [0.5, 0.6) is 0 Å². The zero-order valence-corrected chi connectivity index (χ0v) is 13.4. The van der Waals surface area contributed by atoms with Gasteiger partial charge >= 0.3 is 5.97 Å². The number of aryl methyl sites for hydroxylation is 1. The van der Waals surface area contributed by atoms with E-state index in [2.05, 4.69) is 15.7 Å². The predicted molar refractivity (Wildman–Crippen MR) is 86.9 cm³/mol. The number of carbonyl (C=O) groups excluding carboxylic acids is 2. The van der Waals surface area contributed by atoms with Crippen molar-refractivity contribution in [2.45, 2.75) is 13.3 Å². The minimum absolute atomic E-state index is 0.0624. The molecule has 126 valence electrons. The summed E-state index contributed by atoms with van der Waals surface area (Å²) in [4.78, 5) is 34.4. The van der Waals surface area contributed by atoms with Gasteiger partial charge in [0.05, 0.1) is 18.2 Å². The van der Waals surface area contributed by atoms with E-state index in [1.54, 1.807) is 42.9 Å². The van der Waals surface area contributed by atoms with Crippen molar-refractivity contribution in [2.75, 3.05) is 11.9 Å². The topological polar surface area (TPSA) is 113 Å². The average molecular weight is 330 g/mol. The van der Waals surface area contributed by atoms with E-state index < -0.39 is 5.97 Å². The summed E-state index contributed by atoms with van der Waals surface area (Å²) in [6, 6.07) is 6.33. The Labute approximate surface area is 138 Å². The van der Waals surface area contributed by atoms with E-state index in [-0.39, 0.29) is 24.8 Å². The second-order valence-electron chi connectivity index (χ2n) is 5.20. The van der Waals surface area contributed by atoms with Crippen molar-refractivity contribution < 1.29 is 19.5 Å². The number of hydrogen-bond acceptors (Lipinski definition) is 4. The minimum Gasteiger partial charge on any atom is -0.481 e. The highest BCUT2D eigenvalue weighted by Gasteiger charge is 2.13. The van der Waals surface area contributed by atoms with Crippen molar-refractivity contribution in [3.05, 3.63) is 47.3 Å². The number of hydrogen-bond donors (Lipinski definition) is 3. The Hall–Kier alpha value is -3.16. The molecule has 24 heavy (non-hydrogen) atoms. The van der Waals surface area contributed by atoms with E-state index in [9.17, 15) is 14.4 Å². The maximum absolute atomic E-state index is 12.2. The number of aliphatic carboxylic acids is 1. The van der Waals surface area contributed by atoms with E-state index in [4.69, 9.17) is 5.11 Å². The molecule has 8 nitrogen and oxygen atoms in total. The summed E-state index contributed by atoms with van der Waals surface area (Å²) in [5, 5.41) is 17.8. The minimum atomic E-state index is -0.973. The fraction of sp³-hybridized carbons (Fsp3) is 0.250. The van der Waals surface area contributed by atoms with Gasteiger partial charge in [-0.25, -0.2) is 0 Å². The first-order valence-corrected chi connectivity index (χ1v) is 7.28. The summed E-state index contributed by atoms with van der Waals surface area (Å²) in [6.45, 7) is 1.86. The number of aromatic nitrogens is 2. The van der Waals surface area contributed by atoms with E-state index in [0.717, 1.165) is 5.69 Å². The fourth-order valence-electron chi connectivity index (χ4n) is 2.01. The molecule has 3 N–H and O–H groups in total. The Morgan fingerprint density at radius 1 is 1.17 bits per heavy atom. The number of carboxylic acids is 1. The number of amides is 2. The third-order valence-electron chi connectivity index (χ3n) is 3.51. The molecule has 2 amide bonds. The molecule has 0 aliphatic carbocycles. The fourth-order valence-corrected chi connectivity index (χ4v) is 2.01. The largest absolute Gasteiger partial charge is 0.481 e. The van der Waals surface area contributed by atoms with Crippen LogP contribution in [0, 0.1) is 6.92 Å². The second kappa shape index (κ2) is 7.40. The normalized spacial score (nSPS) is 10.2. The summed E-state index contributed by atoms with van der Waals surface area (Å²) < 4.78 is 1.61. The van der Waals surface area contributed by atoms with Gasteiger partial charge in [0.2, 0.25) is 0 Å². The zero-order chi connectivity index (χ0) is 17.7. The monoisotopic (exact) mass is 330 g/mol. The lowest BCUT2D eigenvalue weighted by molar-refractivity contribution is -0.136. The van der Waals surface area contributed by atoms with Gasteiger partial charge in [-0.3, -0.25) is 19.1 Å². The Morgan fingerprint density at radius 3 is 2.38 bits per heavy atom. The molecule has 0 saturated heterocycles. The molecular weight excluding hydrogens is 312 g/mol. The van der Waals surface area contributed by atoms with Crippen LogP contribution in [0.4, 0.5) is 5.69 Å². The quantitative estimate of drug-likeness (QED) is 0.736. The number of anilines is 1. The van der Waals surface area contributed by atoms with Crippen molar-refractivity contribution in [1.82, 2.24) is 15.1 Å². The van der Waals surface area contributed by atoms with Gasteiger partial charge in [-0.1, -0.05) is 0 Å². The number of nitrogens with one attached hydrogen (secondary N) is 2. The maximum atomic E-state index is 12.2. The highest BCUT2D eigenvalue weighted by molar-refractivity contribution is 6.05. The summed E-state index contributed by atoms with van der Waals surface area (Å²) in [6.07, 6.45) is 1.36. The van der Waals surface area contributed by atoms with Crippen LogP contribution in [0.1, 0.15) is 32.8 Å². The summed E-state index contributed by atoms with van der Waals surface area (Å²) in [5.41, 5.74) is 2.16. The number of carbonyl (C=O) groups is 3. The Bertz CT molecular complexity index is 765. The zero-order valence-electron chi connectivity index (χ0n) is 13.4. The van der Waals surface area contributed by atoms with E-state index in [1.165, 1.54) is 6.20 Å². The lowest BCUT2D eigenvalue weighted by atomic mass is 10.2. The van der Waals surface area contributed by atoms with Gasteiger partial charge in [-0.15, -0.1) is 0 Å². The van der Waals surface area contributed by atoms with E-state index >= 15 is 0 Å². The number of rotatable bonds is 6. The lowest BCUT2D eigenvalue weighted by Gasteiger charge is -2.07. The molecular formula is C16H18N4O4. The molecule has 0 radical (unpaired) electrons. The van der Waals surface area contributed by atoms with Crippen LogP contribution < -0.4 is 10.6 Å². The van der Waals surface area contributed by atoms with Gasteiger partial charge in [0.25, 0.3) is 11.8 Å². The van der Waals surface area contributed by atoms with Gasteiger partial charge in [0, 0.05) is 30.5 Å². The molecule has 0 spiro atoms. The van der Waals surface area contributed by atoms with Gasteiger partial charge < -0.3 is 15.7 Å². The first kappa shape index (κ1) is 17.2. The Kier molecular flexibility index (Phi) is 5.31. The first-order valence-electron chi connectivity index (χ1n) is 7.28. The summed E-state index contributed by atoms with van der Waals surface area (Å²) in [7, 11) is 1.75. The van der Waals surface area contributed by atoms with Crippen LogP contribution in [0.2, 0.25) is 0 Å². The van der Waals surface area contributed by atoms with Crippen LogP contribution in [0.3, 0.4) is 0 Å². The van der Waals surface area contributed by atoms with Gasteiger partial charge in [0.1, 0.15) is 0 Å². The Balaban J connectivity index is 1.96. The van der Waals surface area contributed by atoms with Crippen LogP contribution in [-0.2, 0) is 11.8 Å². The van der Waals surface area contributed by atoms with E-state index in [1.807, 2.05) is 0 Å². The van der Waals surface area contributed by atoms with Crippen molar-refractivity contribution in [2.24, 2.45) is 7.05 Å². The Morgan fingerprint density at radius 2 is 1.83 bits per heavy atom. The molecule has 0 aliphatic rings. The maximum Gasteiger partial charge on any atom is 0.305 e. The van der Waals surface area contributed by atoms with Crippen LogP contribution in [0.15, 0.2) is 30.5 Å². The molecule has 1 aromatic heterocycles. The van der Waals surface area contributed by atoms with Crippen molar-refractivity contribution in [3.8, 4) is 0 Å². The highest BCUT2D eigenvalue weighted by Crippen LogP contribution is 2.13. The third kappa shape index (κ3) is 4.19. The van der Waals surface area contributed by atoms with Gasteiger partial charge in [0.15, 0.2) is 0 Å². The van der Waals surface area contributed by atoms with Crippen molar-refractivity contribution >= 4 is 23.5 Å². The number of carboxylic acid groups (broad SMARTS) is 1. The molecule has 0 saturated carbocycles. The molecule has 8 heteroatoms. The predicted octanol–water partition coefficient (Wildman–Crippen LogP) is 1.19. The molecule has 0 atom stereocenters.